The van der Waals surface area contributed by atoms with Gasteiger partial charge in [-0.3, -0.25) is 4.79 Å². The first-order valence-corrected chi connectivity index (χ1v) is 13.6. The van der Waals surface area contributed by atoms with Gasteiger partial charge in [-0.2, -0.15) is 0 Å². The number of aromatic amines is 2. The van der Waals surface area contributed by atoms with Gasteiger partial charge < -0.3 is 14.9 Å². The second-order valence-electron chi connectivity index (χ2n) is 10.1. The van der Waals surface area contributed by atoms with Crippen LogP contribution in [0.3, 0.4) is 0 Å². The molecular formula is C33H26BrN3O. The Labute approximate surface area is 229 Å². The van der Waals surface area contributed by atoms with E-state index in [1.54, 1.807) is 0 Å². The first-order valence-electron chi connectivity index (χ1n) is 12.8. The van der Waals surface area contributed by atoms with E-state index in [0.29, 0.717) is 6.54 Å². The summed E-state index contributed by atoms with van der Waals surface area (Å²) in [4.78, 5) is 24.0. The van der Waals surface area contributed by atoms with Gasteiger partial charge in [-0.15, -0.1) is 0 Å². The minimum Gasteiger partial charge on any atom is -0.360 e. The summed E-state index contributed by atoms with van der Waals surface area (Å²) in [6.45, 7) is 4.74. The van der Waals surface area contributed by atoms with Gasteiger partial charge in [0.25, 0.3) is 0 Å². The average Bonchev–Trinajstić information content (AvgIpc) is 3.57. The third-order valence-corrected chi connectivity index (χ3v) is 8.82. The number of aryl methyl sites for hydroxylation is 2. The van der Waals surface area contributed by atoms with Crippen LogP contribution < -0.4 is 4.90 Å². The number of H-pyrrole nitrogens is 2. The van der Waals surface area contributed by atoms with Crippen LogP contribution in [0.4, 0.5) is 5.69 Å². The summed E-state index contributed by atoms with van der Waals surface area (Å²) in [6, 6.07) is 31.1. The van der Waals surface area contributed by atoms with Crippen molar-refractivity contribution in [2.45, 2.75) is 25.8 Å². The molecule has 38 heavy (non-hydrogen) atoms. The monoisotopic (exact) mass is 559 g/mol. The van der Waals surface area contributed by atoms with Crippen molar-refractivity contribution in [1.29, 1.82) is 0 Å². The highest BCUT2D eigenvalue weighted by molar-refractivity contribution is 9.10. The molecule has 7 rings (SSSR count). The van der Waals surface area contributed by atoms with Gasteiger partial charge >= 0.3 is 0 Å². The molecule has 0 radical (unpaired) electrons. The number of nitrogens with one attached hydrogen (secondary N) is 2. The van der Waals surface area contributed by atoms with E-state index < -0.39 is 5.41 Å². The van der Waals surface area contributed by atoms with E-state index in [4.69, 9.17) is 0 Å². The van der Waals surface area contributed by atoms with Crippen molar-refractivity contribution in [3.8, 4) is 0 Å². The molecule has 0 aliphatic carbocycles. The minimum absolute atomic E-state index is 0.0581. The number of hydrogen-bond donors (Lipinski definition) is 2. The Bertz CT molecular complexity index is 1870. The molecule has 4 nitrogen and oxygen atoms in total. The molecule has 0 spiro atoms. The molecule has 1 aliphatic heterocycles. The molecule has 0 bridgehead atoms. The van der Waals surface area contributed by atoms with Gasteiger partial charge in [0.15, 0.2) is 0 Å². The van der Waals surface area contributed by atoms with E-state index in [1.807, 2.05) is 53.6 Å². The summed E-state index contributed by atoms with van der Waals surface area (Å²) in [5, 5.41) is 2.21. The standard InChI is InChI=1S/C33H26BrN3O/c1-20-21(2)36-29-17-23(15-16-24(20)29)33(27-18-35-31-25(27)11-8-13-28(31)34)26-12-6-7-14-30(26)37(32(33)38)19-22-9-4-3-5-10-22/h3-18,35-36H,19H2,1-2H3. The van der Waals surface area contributed by atoms with Crippen molar-refractivity contribution in [2.75, 3.05) is 4.90 Å². The molecule has 5 heteroatoms. The predicted molar refractivity (Wildman–Crippen MR) is 158 cm³/mol. The maximum Gasteiger partial charge on any atom is 0.247 e. The van der Waals surface area contributed by atoms with E-state index in [1.165, 1.54) is 10.9 Å². The summed E-state index contributed by atoms with van der Waals surface area (Å²) in [5.41, 5.74) is 8.37. The Morgan fingerprint density at radius 2 is 1.63 bits per heavy atom. The maximum absolute atomic E-state index is 15.0. The number of rotatable bonds is 4. The lowest BCUT2D eigenvalue weighted by molar-refractivity contribution is -0.120. The fourth-order valence-corrected chi connectivity index (χ4v) is 6.68. The van der Waals surface area contributed by atoms with E-state index in [2.05, 4.69) is 88.3 Å². The summed E-state index contributed by atoms with van der Waals surface area (Å²) >= 11 is 3.71. The number of halogens is 1. The fraction of sp³-hybridized carbons (Fsp3) is 0.121. The van der Waals surface area contributed by atoms with E-state index in [-0.39, 0.29) is 5.91 Å². The lowest BCUT2D eigenvalue weighted by Crippen LogP contribution is -2.42. The SMILES string of the molecule is Cc1[nH]c2cc(C3(c4c[nH]c5c(Br)cccc45)C(=O)N(Cc4ccccc4)c4ccccc43)ccc2c1C. The molecular weight excluding hydrogens is 534 g/mol. The van der Waals surface area contributed by atoms with Crippen molar-refractivity contribution < 1.29 is 4.79 Å². The van der Waals surface area contributed by atoms with Gasteiger partial charge in [0.2, 0.25) is 5.91 Å². The highest BCUT2D eigenvalue weighted by atomic mass is 79.9. The van der Waals surface area contributed by atoms with E-state index >= 15 is 4.79 Å². The van der Waals surface area contributed by atoms with Crippen LogP contribution in [0.15, 0.2) is 102 Å². The smallest absolute Gasteiger partial charge is 0.247 e. The van der Waals surface area contributed by atoms with Gasteiger partial charge in [0, 0.05) is 49.5 Å². The molecule has 0 saturated heterocycles. The molecule has 186 valence electrons. The van der Waals surface area contributed by atoms with Gasteiger partial charge in [-0.05, 0) is 64.7 Å². The van der Waals surface area contributed by atoms with Crippen LogP contribution in [0.1, 0.15) is 33.5 Å². The van der Waals surface area contributed by atoms with E-state index in [9.17, 15) is 0 Å². The molecule has 2 aromatic heterocycles. The van der Waals surface area contributed by atoms with Crippen molar-refractivity contribution in [2.24, 2.45) is 0 Å². The van der Waals surface area contributed by atoms with Gasteiger partial charge in [-0.25, -0.2) is 0 Å². The number of carbonyl (C=O) groups is 1. The van der Waals surface area contributed by atoms with Gasteiger partial charge in [0.1, 0.15) is 5.41 Å². The Morgan fingerprint density at radius 1 is 0.842 bits per heavy atom. The number of aromatic nitrogens is 2. The molecule has 1 unspecified atom stereocenters. The normalized spacial score (nSPS) is 17.0. The van der Waals surface area contributed by atoms with Gasteiger partial charge in [0.05, 0.1) is 12.1 Å². The number of anilines is 1. The first kappa shape index (κ1) is 23.1. The Balaban J connectivity index is 1.56. The largest absolute Gasteiger partial charge is 0.360 e. The highest BCUT2D eigenvalue weighted by Crippen LogP contribution is 2.53. The summed E-state index contributed by atoms with van der Waals surface area (Å²) in [5.74, 6) is 0.0581. The number of hydrogen-bond acceptors (Lipinski definition) is 1. The second kappa shape index (κ2) is 8.47. The fourth-order valence-electron chi connectivity index (χ4n) is 6.20. The van der Waals surface area contributed by atoms with Crippen LogP contribution >= 0.6 is 15.9 Å². The lowest BCUT2D eigenvalue weighted by Gasteiger charge is -2.30. The molecule has 0 fully saturated rings. The molecule has 1 aliphatic rings. The number of fused-ring (bicyclic) bond motifs is 3. The van der Waals surface area contributed by atoms with Crippen molar-refractivity contribution >= 4 is 49.3 Å². The molecule has 3 heterocycles. The summed E-state index contributed by atoms with van der Waals surface area (Å²) in [7, 11) is 0. The van der Waals surface area contributed by atoms with Crippen LogP contribution in [-0.4, -0.2) is 15.9 Å². The highest BCUT2D eigenvalue weighted by Gasteiger charge is 2.54. The zero-order chi connectivity index (χ0) is 26.0. The molecule has 4 aromatic carbocycles. The summed E-state index contributed by atoms with van der Waals surface area (Å²) < 4.78 is 0.974. The first-order chi connectivity index (χ1) is 18.5. The quantitative estimate of drug-likeness (QED) is 0.226. The summed E-state index contributed by atoms with van der Waals surface area (Å²) in [6.07, 6.45) is 2.02. The molecule has 1 amide bonds. The molecule has 1 atom stereocenters. The van der Waals surface area contributed by atoms with Crippen molar-refractivity contribution in [1.82, 2.24) is 9.97 Å². The minimum atomic E-state index is -1.01. The van der Waals surface area contributed by atoms with Gasteiger partial charge in [-0.1, -0.05) is 72.8 Å². The zero-order valence-corrected chi connectivity index (χ0v) is 22.8. The third kappa shape index (κ3) is 3.12. The van der Waals surface area contributed by atoms with Crippen LogP contribution in [0.25, 0.3) is 21.8 Å². The zero-order valence-electron chi connectivity index (χ0n) is 21.2. The van der Waals surface area contributed by atoms with Crippen molar-refractivity contribution in [3.05, 3.63) is 135 Å². The molecule has 6 aromatic rings. The Hall–Kier alpha value is -4.09. The van der Waals surface area contributed by atoms with E-state index in [0.717, 1.165) is 54.5 Å². The predicted octanol–water partition coefficient (Wildman–Crippen LogP) is 7.91. The van der Waals surface area contributed by atoms with Crippen molar-refractivity contribution in [3.63, 3.8) is 0 Å². The van der Waals surface area contributed by atoms with Crippen LogP contribution in [0.2, 0.25) is 0 Å². The number of para-hydroxylation sites is 2. The Kier molecular flexibility index (Phi) is 5.14. The maximum atomic E-state index is 15.0. The lowest BCUT2D eigenvalue weighted by atomic mass is 9.70. The topological polar surface area (TPSA) is 51.9 Å². The number of amides is 1. The molecule has 0 saturated carbocycles. The number of nitrogens with zero attached hydrogens (tertiary/aromatic N) is 1. The average molecular weight is 560 g/mol. The van der Waals surface area contributed by atoms with Crippen LogP contribution in [0.5, 0.6) is 0 Å². The van der Waals surface area contributed by atoms with Crippen LogP contribution in [-0.2, 0) is 16.8 Å². The Morgan fingerprint density at radius 3 is 2.47 bits per heavy atom. The number of carbonyl (C=O) groups excluding carboxylic acids is 1. The van der Waals surface area contributed by atoms with Crippen LogP contribution in [0, 0.1) is 13.8 Å². The third-order valence-electron chi connectivity index (χ3n) is 8.16. The number of benzene rings is 4. The second-order valence-corrected chi connectivity index (χ2v) is 11.0. The molecule has 2 N–H and O–H groups in total.